The molecule has 38 heteroatoms. The van der Waals surface area contributed by atoms with E-state index in [9.17, 15) is 47.9 Å². The van der Waals surface area contributed by atoms with Crippen molar-refractivity contribution < 1.29 is 65.7 Å². The van der Waals surface area contributed by atoms with Gasteiger partial charge in [0.05, 0.1) is 10.6 Å². The fraction of sp³-hybridized carbons (Fsp3) is 0.549. The van der Waals surface area contributed by atoms with Crippen LogP contribution in [0, 0.1) is 11.8 Å². The van der Waals surface area contributed by atoms with E-state index < -0.39 is 20.8 Å². The summed E-state index contributed by atoms with van der Waals surface area (Å²) in [5, 5.41) is 25.7. The number of alkyl halides is 6. The number of hydrogen-bond acceptors (Lipinski definition) is 14. The van der Waals surface area contributed by atoms with Crippen molar-refractivity contribution in [3.63, 3.8) is 0 Å². The first-order valence-corrected chi connectivity index (χ1v) is 62.3. The third-order valence-electron chi connectivity index (χ3n) is 24.5. The summed E-state index contributed by atoms with van der Waals surface area (Å²) < 4.78 is 28.5. The number of fused-ring (bicyclic) bond motifs is 6. The SMILES string of the molecule is C.Cl.O=C(CCCCl)Nc1ccccc1.O=C(CCCI)Nc1ccccc1.O=C(CCP1C2CCCC1CCC2)Nc1ccccc1.O=C(NCCCl)c1ccccc1.O=C(NCCI)c1ccccc1.O=C(NCCP1C2CCCC1CCC2)c1ccccc1.O=C1CCCN1CCl.O=C1CCCN1CI.O=C1CCCN1CO.O=C1CCCN1CPC1C2CCCC1CCC2.O=S(Cl)Cl.O=S=O. The molecule has 10 fully saturated rings. The van der Waals surface area contributed by atoms with Gasteiger partial charge in [0, 0.05) is 173 Å². The van der Waals surface area contributed by atoms with Crippen LogP contribution in [0.4, 0.5) is 17.1 Å². The number of amides is 10. The second-order valence-corrected chi connectivity index (χ2v) is 47.8. The van der Waals surface area contributed by atoms with Crippen LogP contribution in [0.25, 0.3) is 0 Å². The Hall–Kier alpha value is -4.83. The van der Waals surface area contributed by atoms with Crippen LogP contribution in [0.2, 0.25) is 0 Å². The summed E-state index contributed by atoms with van der Waals surface area (Å²) in [6, 6.07) is 57.0. The molecule has 1 unspecified atom stereocenters. The average Bonchev–Trinajstić information content (AvgIpc) is 0.985. The number of nitrogens with zero attached hydrogens (tertiary/aromatic N) is 4. The molecule has 0 aromatic heterocycles. The summed E-state index contributed by atoms with van der Waals surface area (Å²) in [4.78, 5) is 120. The molecule has 0 spiro atoms. The highest BCUT2D eigenvalue weighted by Crippen LogP contribution is 2.60. The van der Waals surface area contributed by atoms with Crippen LogP contribution < -0.4 is 31.9 Å². The third kappa shape index (κ3) is 55.3. The van der Waals surface area contributed by atoms with Crippen molar-refractivity contribution in [1.82, 2.24) is 35.6 Å². The molecule has 8 heterocycles. The van der Waals surface area contributed by atoms with Gasteiger partial charge in [-0.05, 0) is 241 Å². The van der Waals surface area contributed by atoms with E-state index >= 15 is 0 Å². The van der Waals surface area contributed by atoms with Gasteiger partial charge >= 0.3 is 11.6 Å². The lowest BCUT2D eigenvalue weighted by molar-refractivity contribution is -0.131. The third-order valence-corrected chi connectivity index (χ3v) is 36.7. The number of aliphatic hydroxyl groups excluding tert-OH is 1. The van der Waals surface area contributed by atoms with Crippen LogP contribution in [-0.4, -0.2) is 227 Å². The number of aliphatic hydroxyl groups is 1. The smallest absolute Gasteiger partial charge is 0.335 e. The molecule has 10 amide bonds. The monoisotopic (exact) mass is 2480 g/mol. The van der Waals surface area contributed by atoms with Crippen LogP contribution in [0.15, 0.2) is 182 Å². The number of anilines is 3. The molecule has 140 heavy (non-hydrogen) atoms. The van der Waals surface area contributed by atoms with E-state index in [-0.39, 0.29) is 89.7 Å². The summed E-state index contributed by atoms with van der Waals surface area (Å²) in [6.07, 6.45) is 40.0. The number of nitrogens with one attached hydrogen (secondary N) is 6. The van der Waals surface area contributed by atoms with E-state index in [1.165, 1.54) is 127 Å². The van der Waals surface area contributed by atoms with Gasteiger partial charge in [0.1, 0.15) is 6.73 Å². The van der Waals surface area contributed by atoms with Gasteiger partial charge < -0.3 is 56.6 Å². The van der Waals surface area contributed by atoms with Gasteiger partial charge in [-0.15, -0.1) is 47.2 Å². The lowest BCUT2D eigenvalue weighted by Crippen LogP contribution is -2.35. The minimum Gasteiger partial charge on any atom is -0.376 e. The first kappa shape index (κ1) is 129. The zero-order valence-electron chi connectivity index (χ0n) is 79.5. The number of para-hydroxylation sites is 3. The molecule has 7 N–H and O–H groups in total. The van der Waals surface area contributed by atoms with Crippen LogP contribution >= 0.6 is 161 Å². The number of benzene rings is 6. The van der Waals surface area contributed by atoms with Crippen LogP contribution in [0.1, 0.15) is 238 Å². The Bertz CT molecular complexity index is 4260. The van der Waals surface area contributed by atoms with Gasteiger partial charge in [0.15, 0.2) is 0 Å². The number of rotatable bonds is 28. The van der Waals surface area contributed by atoms with Gasteiger partial charge in [0.2, 0.25) is 50.6 Å². The van der Waals surface area contributed by atoms with Crippen molar-refractivity contribution in [3.05, 3.63) is 199 Å². The molecule has 1 atom stereocenters. The molecule has 8 saturated heterocycles. The average molecular weight is 2490 g/mol. The Morgan fingerprint density at radius 3 is 1.01 bits per heavy atom. The summed E-state index contributed by atoms with van der Waals surface area (Å²) >= 11 is 22.3. The topological polar surface area (TPSA) is 327 Å². The first-order valence-electron chi connectivity index (χ1n) is 48.1. The zero-order chi connectivity index (χ0) is 100. The summed E-state index contributed by atoms with van der Waals surface area (Å²) in [7, 11) is 8.68. The maximum atomic E-state index is 12.1. The second-order valence-electron chi connectivity index (χ2n) is 34.1. The van der Waals surface area contributed by atoms with Crippen molar-refractivity contribution in [2.24, 2.45) is 11.8 Å². The minimum absolute atomic E-state index is 0. The van der Waals surface area contributed by atoms with Crippen LogP contribution in [-0.2, 0) is 54.4 Å². The zero-order valence-corrected chi connectivity index (χ0v) is 95.0. The van der Waals surface area contributed by atoms with Crippen LogP contribution in [0.5, 0.6) is 0 Å². The van der Waals surface area contributed by atoms with Crippen LogP contribution in [0.3, 0.4) is 0 Å². The van der Waals surface area contributed by atoms with E-state index in [4.69, 9.17) is 52.5 Å². The number of hydrogen-bond donors (Lipinski definition) is 7. The maximum Gasteiger partial charge on any atom is 0.335 e. The molecule has 2 aliphatic carbocycles. The predicted octanol–water partition coefficient (Wildman–Crippen LogP) is 23.6. The Morgan fingerprint density at radius 2 is 0.714 bits per heavy atom. The van der Waals surface area contributed by atoms with E-state index in [0.29, 0.717) is 73.8 Å². The standard InChI is InChI=1S/2C17H24NOP.C14H24NOP.C10H12ClNO.C10H12INO.C9H10ClNO.C9H10INO.C5H8ClNO.C5H8INO.C5H9NO2.CH4.Cl2OS.ClH.O2S/c19-17(14-6-2-1-3-7-14)18-12-13-20-15-8-4-9-16(20)11-5-10-15;19-17(18-14-6-2-1-3-7-14)12-13-20-15-8-4-9-16(20)11-5-10-15;16-13-8-3-9-15(13)10-17-14-11-4-1-5-12(14)7-2-6-11;2*11-8-4-7-10(13)12-9-5-2-1-3-6-9;2*10-6-7-11-9(12)8-4-2-1-3-5-8;2*6-4-7-3-1-2-5(7)8;7-4-6-3-1-2-5(6)8;;1-4(2)3;;1-3-2/h2*1-3,6-7,15-16H,4-5,8-13H2,(H,18,19);11-12,14,17H,1-10H2;2*1-3,5-6H,4,7-8H2,(H,12,13);2*1-5H,6-7H2,(H,11,12);2*1-4H2;7H,1-4H2;1H4;;1H;. The molecule has 8 aliphatic heterocycles. The lowest BCUT2D eigenvalue weighted by Gasteiger charge is -2.43. The van der Waals surface area contributed by atoms with Crippen molar-refractivity contribution in [1.29, 1.82) is 0 Å². The van der Waals surface area contributed by atoms with Gasteiger partial charge in [-0.3, -0.25) is 47.9 Å². The first-order chi connectivity index (χ1) is 67.0. The highest BCUT2D eigenvalue weighted by atomic mass is 127. The van der Waals surface area contributed by atoms with Gasteiger partial charge in [-0.1, -0.05) is 247 Å². The maximum absolute atomic E-state index is 12.1. The number of likely N-dealkylation sites (tertiary alicyclic amines) is 4. The molecule has 24 nitrogen and oxygen atoms in total. The Balaban J connectivity index is 0.000000402. The largest absolute Gasteiger partial charge is 0.376 e. The van der Waals surface area contributed by atoms with Crippen molar-refractivity contribution >= 4 is 258 Å². The van der Waals surface area contributed by atoms with Gasteiger partial charge in [0.25, 0.3) is 17.7 Å². The fourth-order valence-corrected chi connectivity index (χ4v) is 29.4. The molecule has 0 radical (unpaired) electrons. The van der Waals surface area contributed by atoms with E-state index in [0.717, 1.165) is 193 Å². The number of carbonyl (C=O) groups excluding carboxylic acids is 10. The molecule has 10 aliphatic rings. The predicted molar refractivity (Wildman–Crippen MR) is 613 cm³/mol. The molecule has 6 aromatic carbocycles. The lowest BCUT2D eigenvalue weighted by atomic mass is 9.72. The van der Waals surface area contributed by atoms with Gasteiger partial charge in [-0.25, -0.2) is 4.21 Å². The summed E-state index contributed by atoms with van der Waals surface area (Å²) in [5.41, 5.74) is 9.75. The second kappa shape index (κ2) is 81.2. The Labute approximate surface area is 913 Å². The molecule has 6 bridgehead atoms. The summed E-state index contributed by atoms with van der Waals surface area (Å²) in [6.45, 7) is 5.59. The fourth-order valence-electron chi connectivity index (χ4n) is 17.8. The number of carbonyl (C=O) groups is 10. The minimum atomic E-state index is -1.67. The van der Waals surface area contributed by atoms with E-state index in [2.05, 4.69) is 126 Å². The van der Waals surface area contributed by atoms with Crippen molar-refractivity contribution in [2.75, 3.05) is 118 Å². The van der Waals surface area contributed by atoms with Crippen molar-refractivity contribution in [3.8, 4) is 0 Å². The molecule has 2 saturated carbocycles. The van der Waals surface area contributed by atoms with E-state index in [1.807, 2.05) is 175 Å². The molecule has 778 valence electrons. The van der Waals surface area contributed by atoms with Crippen molar-refractivity contribution in [2.45, 2.75) is 235 Å². The molecular weight excluding hydrogens is 2340 g/mol. The molecule has 6 aromatic rings. The van der Waals surface area contributed by atoms with Gasteiger partial charge in [-0.2, -0.15) is 8.42 Å². The molecular formula is C102H146Cl6I3N10O14P3S2. The quantitative estimate of drug-likeness (QED) is 0.00790. The van der Waals surface area contributed by atoms with E-state index in [1.54, 1.807) is 17.0 Å². The normalized spacial score (nSPS) is 20.1. The highest BCUT2D eigenvalue weighted by molar-refractivity contribution is 14.1. The highest BCUT2D eigenvalue weighted by Gasteiger charge is 2.39. The molecule has 16 rings (SSSR count). The Kier molecular flexibility index (Phi) is 75.0. The number of halogens is 9. The Morgan fingerprint density at radius 1 is 0.407 bits per heavy atom. The summed E-state index contributed by atoms with van der Waals surface area (Å²) in [5.74, 6) is 4.34.